The van der Waals surface area contributed by atoms with E-state index in [-0.39, 0.29) is 0 Å². The number of ether oxygens (including phenoxy) is 1. The summed E-state index contributed by atoms with van der Waals surface area (Å²) in [6.45, 7) is 7.21. The highest BCUT2D eigenvalue weighted by Gasteiger charge is 2.30. The van der Waals surface area contributed by atoms with Crippen molar-refractivity contribution in [3.63, 3.8) is 0 Å². The van der Waals surface area contributed by atoms with Crippen molar-refractivity contribution >= 4 is 0 Å². The molecule has 0 spiro atoms. The highest BCUT2D eigenvalue weighted by atomic mass is 16.5. The highest BCUT2D eigenvalue weighted by molar-refractivity contribution is 4.86. The highest BCUT2D eigenvalue weighted by Crippen LogP contribution is 2.25. The van der Waals surface area contributed by atoms with Gasteiger partial charge in [0.05, 0.1) is 6.10 Å². The molecular formula is C13H27N3O. The molecule has 0 bridgehead atoms. The molecule has 100 valence electrons. The van der Waals surface area contributed by atoms with Crippen molar-refractivity contribution < 1.29 is 4.74 Å². The van der Waals surface area contributed by atoms with Gasteiger partial charge in [0.25, 0.3) is 0 Å². The second-order valence-electron chi connectivity index (χ2n) is 5.43. The molecular weight excluding hydrogens is 214 g/mol. The van der Waals surface area contributed by atoms with Gasteiger partial charge >= 0.3 is 0 Å². The van der Waals surface area contributed by atoms with Gasteiger partial charge in [-0.2, -0.15) is 0 Å². The Labute approximate surface area is 105 Å². The Morgan fingerprint density at radius 2 is 2.00 bits per heavy atom. The summed E-state index contributed by atoms with van der Waals surface area (Å²) < 4.78 is 5.97. The number of nitrogens with zero attached hydrogens (tertiary/aromatic N) is 1. The molecule has 0 unspecified atom stereocenters. The molecule has 1 saturated carbocycles. The Morgan fingerprint density at radius 3 is 2.59 bits per heavy atom. The lowest BCUT2D eigenvalue weighted by atomic mass is 9.89. The van der Waals surface area contributed by atoms with E-state index >= 15 is 0 Å². The number of hydrogen-bond donors (Lipinski definition) is 2. The van der Waals surface area contributed by atoms with Gasteiger partial charge in [-0.1, -0.05) is 6.92 Å². The first-order chi connectivity index (χ1) is 8.31. The summed E-state index contributed by atoms with van der Waals surface area (Å²) in [5.41, 5.74) is 5.63. The molecule has 0 radical (unpaired) electrons. The second kappa shape index (κ2) is 6.69. The molecule has 3 N–H and O–H groups in total. The van der Waals surface area contributed by atoms with Crippen LogP contribution in [0.5, 0.6) is 0 Å². The van der Waals surface area contributed by atoms with Gasteiger partial charge in [-0.3, -0.25) is 4.90 Å². The van der Waals surface area contributed by atoms with E-state index in [9.17, 15) is 0 Å². The maximum Gasteiger partial charge on any atom is 0.0605 e. The Kier molecular flexibility index (Phi) is 5.22. The van der Waals surface area contributed by atoms with Gasteiger partial charge in [-0.25, -0.2) is 0 Å². The van der Waals surface area contributed by atoms with Crippen LogP contribution in [-0.2, 0) is 4.74 Å². The third-order valence-corrected chi connectivity index (χ3v) is 4.12. The van der Waals surface area contributed by atoms with Crippen molar-refractivity contribution in [2.24, 2.45) is 11.7 Å². The molecule has 0 aromatic rings. The smallest absolute Gasteiger partial charge is 0.0605 e. The molecule has 0 amide bonds. The number of hydrogen-bond acceptors (Lipinski definition) is 4. The molecule has 2 fully saturated rings. The molecule has 4 nitrogen and oxygen atoms in total. The van der Waals surface area contributed by atoms with Gasteiger partial charge in [-0.05, 0) is 51.2 Å². The molecule has 0 atom stereocenters. The molecule has 1 aliphatic heterocycles. The fraction of sp³-hybridized carbons (Fsp3) is 1.00. The zero-order valence-electron chi connectivity index (χ0n) is 11.0. The summed E-state index contributed by atoms with van der Waals surface area (Å²) in [5.74, 6) is 0.760. The fourth-order valence-electron chi connectivity index (χ4n) is 2.76. The predicted octanol–water partition coefficient (Wildman–Crippen LogP) is 0.772. The zero-order valence-corrected chi connectivity index (χ0v) is 11.0. The normalized spacial score (nSPS) is 31.4. The molecule has 2 rings (SSSR count). The maximum atomic E-state index is 5.97. The van der Waals surface area contributed by atoms with Crippen LogP contribution in [0.2, 0.25) is 0 Å². The van der Waals surface area contributed by atoms with Crippen LogP contribution < -0.4 is 11.1 Å². The number of nitrogens with one attached hydrogen (secondary N) is 1. The molecule has 0 aromatic carbocycles. The largest absolute Gasteiger partial charge is 0.378 e. The van der Waals surface area contributed by atoms with Crippen LogP contribution in [0.15, 0.2) is 0 Å². The summed E-state index contributed by atoms with van der Waals surface area (Å²) in [4.78, 5) is 2.32. The minimum atomic E-state index is 0.520. The van der Waals surface area contributed by atoms with Gasteiger partial charge in [0.2, 0.25) is 0 Å². The summed E-state index contributed by atoms with van der Waals surface area (Å²) in [6.07, 6.45) is 5.43. The monoisotopic (exact) mass is 241 g/mol. The van der Waals surface area contributed by atoms with Crippen molar-refractivity contribution in [2.45, 2.75) is 44.8 Å². The number of piperidine rings is 1. The fourth-order valence-corrected chi connectivity index (χ4v) is 2.76. The minimum Gasteiger partial charge on any atom is -0.378 e. The average Bonchev–Trinajstić information content (AvgIpc) is 2.32. The van der Waals surface area contributed by atoms with E-state index in [4.69, 9.17) is 10.5 Å². The molecule has 4 heteroatoms. The van der Waals surface area contributed by atoms with Crippen LogP contribution in [0.1, 0.15) is 32.6 Å². The van der Waals surface area contributed by atoms with Crippen LogP contribution >= 0.6 is 0 Å². The number of likely N-dealkylation sites (tertiary alicyclic amines) is 1. The quantitative estimate of drug-likeness (QED) is 0.721. The Morgan fingerprint density at radius 1 is 1.29 bits per heavy atom. The first-order valence-corrected chi connectivity index (χ1v) is 7.09. The zero-order chi connectivity index (χ0) is 12.1. The first-order valence-electron chi connectivity index (χ1n) is 7.09. The Bertz CT molecular complexity index is 211. The second-order valence-corrected chi connectivity index (χ2v) is 5.43. The molecule has 0 aromatic heterocycles. The minimum absolute atomic E-state index is 0.520. The van der Waals surface area contributed by atoms with Crippen molar-refractivity contribution in [1.29, 1.82) is 0 Å². The van der Waals surface area contributed by atoms with Crippen LogP contribution in [0.3, 0.4) is 0 Å². The summed E-state index contributed by atoms with van der Waals surface area (Å²) >= 11 is 0. The summed E-state index contributed by atoms with van der Waals surface area (Å²) in [5, 5.41) is 3.46. The van der Waals surface area contributed by atoms with Crippen LogP contribution in [-0.4, -0.2) is 50.0 Å². The van der Waals surface area contributed by atoms with Gasteiger partial charge < -0.3 is 15.8 Å². The predicted molar refractivity (Wildman–Crippen MR) is 69.8 cm³/mol. The van der Waals surface area contributed by atoms with Crippen LogP contribution in [0.4, 0.5) is 0 Å². The lowest BCUT2D eigenvalue weighted by Gasteiger charge is -2.37. The van der Waals surface area contributed by atoms with Crippen molar-refractivity contribution in [3.05, 3.63) is 0 Å². The van der Waals surface area contributed by atoms with E-state index in [1.54, 1.807) is 0 Å². The molecule has 1 aliphatic carbocycles. The summed E-state index contributed by atoms with van der Waals surface area (Å²) in [7, 11) is 0. The topological polar surface area (TPSA) is 50.5 Å². The number of rotatable bonds is 6. The van der Waals surface area contributed by atoms with Crippen molar-refractivity contribution in [1.82, 2.24) is 10.2 Å². The van der Waals surface area contributed by atoms with E-state index in [0.29, 0.717) is 18.8 Å². The van der Waals surface area contributed by atoms with Crippen LogP contribution in [0, 0.1) is 5.92 Å². The molecule has 2 aliphatic rings. The van der Waals surface area contributed by atoms with E-state index in [1.807, 2.05) is 0 Å². The average molecular weight is 241 g/mol. The van der Waals surface area contributed by atoms with Gasteiger partial charge in [0.1, 0.15) is 0 Å². The van der Waals surface area contributed by atoms with Crippen molar-refractivity contribution in [3.8, 4) is 0 Å². The van der Waals surface area contributed by atoms with Gasteiger partial charge in [0.15, 0.2) is 0 Å². The lowest BCUT2D eigenvalue weighted by molar-refractivity contribution is -0.0399. The standard InChI is InChI=1S/C13H27N3O/c1-2-15-12-7-13(8-12)17-9-11-3-5-16(10-14)6-4-11/h11-13,15H,2-10,14H2,1H3/t12-,13-. The van der Waals surface area contributed by atoms with Crippen LogP contribution in [0.25, 0.3) is 0 Å². The summed E-state index contributed by atoms with van der Waals surface area (Å²) in [6, 6.07) is 0.712. The molecule has 1 saturated heterocycles. The Hall–Kier alpha value is -0.160. The van der Waals surface area contributed by atoms with Crippen molar-refractivity contribution in [2.75, 3.05) is 32.9 Å². The van der Waals surface area contributed by atoms with E-state index in [0.717, 1.165) is 32.2 Å². The SMILES string of the molecule is CCN[C@H]1C[C@H](OCC2CCN(CN)CC2)C1. The Balaban J connectivity index is 1.52. The first kappa shape index (κ1) is 13.3. The van der Waals surface area contributed by atoms with Gasteiger partial charge in [0, 0.05) is 19.3 Å². The maximum absolute atomic E-state index is 5.97. The number of nitrogens with two attached hydrogens (primary N) is 1. The van der Waals surface area contributed by atoms with E-state index in [2.05, 4.69) is 17.1 Å². The molecule has 17 heavy (non-hydrogen) atoms. The third kappa shape index (κ3) is 3.91. The van der Waals surface area contributed by atoms with Gasteiger partial charge in [-0.15, -0.1) is 0 Å². The lowest BCUT2D eigenvalue weighted by Crippen LogP contribution is -2.46. The third-order valence-electron chi connectivity index (χ3n) is 4.12. The molecule has 1 heterocycles. The van der Waals surface area contributed by atoms with E-state index < -0.39 is 0 Å². The van der Waals surface area contributed by atoms with E-state index in [1.165, 1.54) is 25.7 Å².